The summed E-state index contributed by atoms with van der Waals surface area (Å²) in [5, 5.41) is 8.58. The topological polar surface area (TPSA) is 33.1 Å². The van der Waals surface area contributed by atoms with Crippen molar-refractivity contribution in [3.63, 3.8) is 0 Å². The number of nitrogens with zero attached hydrogens (tertiary/aromatic N) is 1. The van der Waals surface area contributed by atoms with E-state index >= 15 is 0 Å². The number of hydrogen-bond donors (Lipinski definition) is 1. The highest BCUT2D eigenvalue weighted by Crippen LogP contribution is 2.00. The molecule has 1 N–H and O–H groups in total. The fourth-order valence-corrected chi connectivity index (χ4v) is 0.883. The van der Waals surface area contributed by atoms with Crippen molar-refractivity contribution in [1.29, 1.82) is 0 Å². The third-order valence-corrected chi connectivity index (χ3v) is 1.33. The minimum Gasteiger partial charge on any atom is -0.396 e. The zero-order valence-electron chi connectivity index (χ0n) is 6.04. The van der Waals surface area contributed by atoms with E-state index in [4.69, 9.17) is 5.11 Å². The Morgan fingerprint density at radius 3 is 2.90 bits per heavy atom. The Labute approximate surface area is 60.5 Å². The summed E-state index contributed by atoms with van der Waals surface area (Å²) >= 11 is 0. The first-order valence-electron chi connectivity index (χ1n) is 3.34. The van der Waals surface area contributed by atoms with Crippen LogP contribution in [0.1, 0.15) is 11.1 Å². The van der Waals surface area contributed by atoms with Crippen LogP contribution < -0.4 is 0 Å². The Bertz CT molecular complexity index is 210. The molecular weight excluding hydrogens is 126 g/mol. The van der Waals surface area contributed by atoms with E-state index in [2.05, 4.69) is 4.98 Å². The van der Waals surface area contributed by atoms with Gasteiger partial charge in [0.2, 0.25) is 0 Å². The fraction of sp³-hybridized carbons (Fsp3) is 0.375. The van der Waals surface area contributed by atoms with Crippen LogP contribution in [0.25, 0.3) is 0 Å². The van der Waals surface area contributed by atoms with Crippen LogP contribution in [-0.2, 0) is 6.42 Å². The fourth-order valence-electron chi connectivity index (χ4n) is 0.883. The molecule has 0 aliphatic heterocycles. The molecule has 1 aromatic heterocycles. The first kappa shape index (κ1) is 7.22. The lowest BCUT2D eigenvalue weighted by Crippen LogP contribution is -1.91. The van der Waals surface area contributed by atoms with Gasteiger partial charge in [0.05, 0.1) is 0 Å². The van der Waals surface area contributed by atoms with Crippen LogP contribution in [0.2, 0.25) is 0 Å². The van der Waals surface area contributed by atoms with Gasteiger partial charge in [-0.25, -0.2) is 0 Å². The van der Waals surface area contributed by atoms with Crippen molar-refractivity contribution in [2.45, 2.75) is 13.3 Å². The molecule has 0 aliphatic carbocycles. The van der Waals surface area contributed by atoms with Crippen LogP contribution in [0, 0.1) is 6.92 Å². The summed E-state index contributed by atoms with van der Waals surface area (Å²) < 4.78 is 0. The summed E-state index contributed by atoms with van der Waals surface area (Å²) in [6.45, 7) is 2.19. The molecule has 0 aliphatic rings. The highest BCUT2D eigenvalue weighted by Gasteiger charge is 1.90. The van der Waals surface area contributed by atoms with Gasteiger partial charge >= 0.3 is 0 Å². The van der Waals surface area contributed by atoms with Crippen LogP contribution in [0.4, 0.5) is 0 Å². The molecule has 0 aromatic carbocycles. The zero-order chi connectivity index (χ0) is 7.40. The van der Waals surface area contributed by atoms with Crippen LogP contribution in [0.3, 0.4) is 0 Å². The van der Waals surface area contributed by atoms with Gasteiger partial charge in [0.25, 0.3) is 0 Å². The van der Waals surface area contributed by atoms with E-state index in [1.807, 2.05) is 13.0 Å². The molecule has 0 spiro atoms. The molecule has 10 heavy (non-hydrogen) atoms. The van der Waals surface area contributed by atoms with E-state index in [1.54, 1.807) is 12.4 Å². The number of aliphatic hydroxyl groups is 1. The summed E-state index contributed by atoms with van der Waals surface area (Å²) in [6, 6.07) is 2.03. The molecular formula is C8H11NO. The van der Waals surface area contributed by atoms with Crippen molar-refractivity contribution < 1.29 is 5.11 Å². The zero-order valence-corrected chi connectivity index (χ0v) is 6.04. The average Bonchev–Trinajstić information content (AvgIpc) is 1.88. The Kier molecular flexibility index (Phi) is 2.40. The summed E-state index contributed by atoms with van der Waals surface area (Å²) in [5.41, 5.74) is 2.24. The molecule has 1 heterocycles. The molecule has 0 saturated heterocycles. The monoisotopic (exact) mass is 137 g/mol. The summed E-state index contributed by atoms with van der Waals surface area (Å²) in [6.07, 6.45) is 4.29. The van der Waals surface area contributed by atoms with E-state index in [1.165, 1.54) is 0 Å². The van der Waals surface area contributed by atoms with Crippen molar-refractivity contribution >= 4 is 0 Å². The van der Waals surface area contributed by atoms with Gasteiger partial charge in [-0.05, 0) is 24.5 Å². The molecule has 0 saturated carbocycles. The second-order valence-electron chi connectivity index (χ2n) is 2.34. The number of rotatable bonds is 2. The minimum atomic E-state index is 0.200. The van der Waals surface area contributed by atoms with Gasteiger partial charge in [0.1, 0.15) is 0 Å². The van der Waals surface area contributed by atoms with Gasteiger partial charge in [0.15, 0.2) is 0 Å². The van der Waals surface area contributed by atoms with Gasteiger partial charge in [-0.3, -0.25) is 4.98 Å². The Morgan fingerprint density at radius 2 is 2.30 bits per heavy atom. The maximum atomic E-state index is 8.58. The predicted molar refractivity (Wildman–Crippen MR) is 39.8 cm³/mol. The van der Waals surface area contributed by atoms with Crippen LogP contribution in [-0.4, -0.2) is 16.7 Å². The van der Waals surface area contributed by atoms with Crippen molar-refractivity contribution in [1.82, 2.24) is 4.98 Å². The van der Waals surface area contributed by atoms with Crippen LogP contribution in [0.5, 0.6) is 0 Å². The largest absolute Gasteiger partial charge is 0.396 e. The van der Waals surface area contributed by atoms with Crippen LogP contribution >= 0.6 is 0 Å². The molecule has 1 aromatic rings. The Hall–Kier alpha value is -0.890. The highest BCUT2D eigenvalue weighted by molar-refractivity contribution is 5.16. The van der Waals surface area contributed by atoms with Crippen molar-refractivity contribution in [3.05, 3.63) is 29.6 Å². The average molecular weight is 137 g/mol. The molecule has 0 radical (unpaired) electrons. The molecule has 54 valence electrons. The molecule has 0 bridgehead atoms. The van der Waals surface area contributed by atoms with Crippen molar-refractivity contribution in [2.75, 3.05) is 6.61 Å². The van der Waals surface area contributed by atoms with Gasteiger partial charge in [-0.15, -0.1) is 0 Å². The van der Waals surface area contributed by atoms with Crippen molar-refractivity contribution in [3.8, 4) is 0 Å². The van der Waals surface area contributed by atoms with Gasteiger partial charge in [0, 0.05) is 19.0 Å². The molecule has 2 nitrogen and oxygen atoms in total. The lowest BCUT2D eigenvalue weighted by molar-refractivity contribution is 0.299. The number of aromatic nitrogens is 1. The quantitative estimate of drug-likeness (QED) is 0.657. The first-order valence-corrected chi connectivity index (χ1v) is 3.34. The van der Waals surface area contributed by atoms with E-state index in [0.29, 0.717) is 6.42 Å². The number of aliphatic hydroxyl groups excluding tert-OH is 1. The molecule has 0 atom stereocenters. The molecule has 2 heteroatoms. The second-order valence-corrected chi connectivity index (χ2v) is 2.34. The standard InChI is InChI=1S/C8H11NO/c1-7-4-8(2-3-10)6-9-5-7/h4-6,10H,2-3H2,1H3. The number of hydrogen-bond acceptors (Lipinski definition) is 2. The lowest BCUT2D eigenvalue weighted by atomic mass is 10.2. The maximum absolute atomic E-state index is 8.58. The number of pyridine rings is 1. The summed E-state index contributed by atoms with van der Waals surface area (Å²) in [5.74, 6) is 0. The Balaban J connectivity index is 2.75. The van der Waals surface area contributed by atoms with E-state index in [9.17, 15) is 0 Å². The maximum Gasteiger partial charge on any atom is 0.0472 e. The summed E-state index contributed by atoms with van der Waals surface area (Å²) in [7, 11) is 0. The van der Waals surface area contributed by atoms with E-state index < -0.39 is 0 Å². The predicted octanol–water partition coefficient (Wildman–Crippen LogP) is 0.925. The number of aryl methyl sites for hydroxylation is 1. The lowest BCUT2D eigenvalue weighted by Gasteiger charge is -1.96. The molecule has 1 rings (SSSR count). The third-order valence-electron chi connectivity index (χ3n) is 1.33. The first-order chi connectivity index (χ1) is 4.83. The van der Waals surface area contributed by atoms with Crippen molar-refractivity contribution in [2.24, 2.45) is 0 Å². The second kappa shape index (κ2) is 3.32. The summed E-state index contributed by atoms with van der Waals surface area (Å²) in [4.78, 5) is 3.99. The minimum absolute atomic E-state index is 0.200. The van der Waals surface area contributed by atoms with Gasteiger partial charge in [-0.2, -0.15) is 0 Å². The van der Waals surface area contributed by atoms with Crippen LogP contribution in [0.15, 0.2) is 18.5 Å². The van der Waals surface area contributed by atoms with Gasteiger partial charge < -0.3 is 5.11 Å². The van der Waals surface area contributed by atoms with E-state index in [0.717, 1.165) is 11.1 Å². The SMILES string of the molecule is Cc1cncc(CCO)c1. The third kappa shape index (κ3) is 1.81. The Morgan fingerprint density at radius 1 is 1.50 bits per heavy atom. The van der Waals surface area contributed by atoms with E-state index in [-0.39, 0.29) is 6.61 Å². The highest BCUT2D eigenvalue weighted by atomic mass is 16.2. The normalized spacial score (nSPS) is 9.80. The molecule has 0 fully saturated rings. The smallest absolute Gasteiger partial charge is 0.0472 e. The van der Waals surface area contributed by atoms with Gasteiger partial charge in [-0.1, -0.05) is 6.07 Å². The molecule has 0 amide bonds. The molecule has 0 unspecified atom stereocenters.